The Balaban J connectivity index is 1.95. The SMILES string of the molecule is Cc1cc(C)c2nc(S(=O)Cc3nccc(C)c3C)[nH]c2c1. The molecule has 0 saturated heterocycles. The Hall–Kier alpha value is -2.01. The second-order valence-electron chi connectivity index (χ2n) is 5.71. The van der Waals surface area contributed by atoms with Gasteiger partial charge in [-0.1, -0.05) is 6.07 Å². The summed E-state index contributed by atoms with van der Waals surface area (Å²) in [7, 11) is -1.23. The van der Waals surface area contributed by atoms with E-state index in [-0.39, 0.29) is 0 Å². The van der Waals surface area contributed by atoms with Gasteiger partial charge in [0.1, 0.15) is 0 Å². The van der Waals surface area contributed by atoms with Crippen LogP contribution in [0, 0.1) is 27.7 Å². The van der Waals surface area contributed by atoms with Crippen molar-refractivity contribution in [2.75, 3.05) is 0 Å². The lowest BCUT2D eigenvalue weighted by Crippen LogP contribution is -2.03. The maximum Gasteiger partial charge on any atom is 0.197 e. The summed E-state index contributed by atoms with van der Waals surface area (Å²) in [6.07, 6.45) is 1.76. The van der Waals surface area contributed by atoms with Gasteiger partial charge in [-0.2, -0.15) is 0 Å². The van der Waals surface area contributed by atoms with Crippen molar-refractivity contribution in [2.45, 2.75) is 38.6 Å². The highest BCUT2D eigenvalue weighted by Crippen LogP contribution is 2.21. The normalized spacial score (nSPS) is 12.7. The fraction of sp³-hybridized carbons (Fsp3) is 0.294. The second-order valence-corrected chi connectivity index (χ2v) is 7.08. The molecule has 0 fully saturated rings. The molecule has 1 aromatic carbocycles. The maximum absolute atomic E-state index is 12.6. The summed E-state index contributed by atoms with van der Waals surface area (Å²) in [5.74, 6) is 0.380. The van der Waals surface area contributed by atoms with Crippen LogP contribution in [0.15, 0.2) is 29.6 Å². The van der Waals surface area contributed by atoms with E-state index in [1.165, 1.54) is 5.56 Å². The van der Waals surface area contributed by atoms with Gasteiger partial charge in [0.2, 0.25) is 0 Å². The molecule has 0 aliphatic heterocycles. The molecule has 114 valence electrons. The number of aromatic amines is 1. The lowest BCUT2D eigenvalue weighted by molar-refractivity contribution is 0.676. The summed E-state index contributed by atoms with van der Waals surface area (Å²) < 4.78 is 12.6. The number of nitrogens with zero attached hydrogens (tertiary/aromatic N) is 2. The van der Waals surface area contributed by atoms with E-state index in [0.29, 0.717) is 10.9 Å². The predicted octanol–water partition coefficient (Wildman–Crippen LogP) is 3.50. The number of fused-ring (bicyclic) bond motifs is 1. The average Bonchev–Trinajstić information content (AvgIpc) is 2.88. The average molecular weight is 313 g/mol. The van der Waals surface area contributed by atoms with Gasteiger partial charge in [-0.25, -0.2) is 4.98 Å². The summed E-state index contributed by atoms with van der Waals surface area (Å²) in [4.78, 5) is 12.1. The van der Waals surface area contributed by atoms with Crippen molar-refractivity contribution in [1.82, 2.24) is 15.0 Å². The number of H-pyrrole nitrogens is 1. The van der Waals surface area contributed by atoms with Crippen LogP contribution in [0.1, 0.15) is 27.9 Å². The highest BCUT2D eigenvalue weighted by molar-refractivity contribution is 7.84. The van der Waals surface area contributed by atoms with Crippen molar-refractivity contribution >= 4 is 21.8 Å². The van der Waals surface area contributed by atoms with Crippen LogP contribution in [0.4, 0.5) is 0 Å². The summed E-state index contributed by atoms with van der Waals surface area (Å²) in [6, 6.07) is 6.09. The van der Waals surface area contributed by atoms with Crippen molar-refractivity contribution in [1.29, 1.82) is 0 Å². The minimum Gasteiger partial charge on any atom is -0.331 e. The Bertz CT molecular complexity index is 883. The van der Waals surface area contributed by atoms with E-state index in [0.717, 1.165) is 33.4 Å². The molecule has 0 radical (unpaired) electrons. The molecule has 1 N–H and O–H groups in total. The summed E-state index contributed by atoms with van der Waals surface area (Å²) in [6.45, 7) is 8.12. The van der Waals surface area contributed by atoms with E-state index in [4.69, 9.17) is 0 Å². The van der Waals surface area contributed by atoms with Crippen molar-refractivity contribution in [3.8, 4) is 0 Å². The van der Waals surface area contributed by atoms with Crippen LogP contribution in [0.2, 0.25) is 0 Å². The third kappa shape index (κ3) is 2.68. The second kappa shape index (κ2) is 5.65. The first-order chi connectivity index (χ1) is 10.5. The predicted molar refractivity (Wildman–Crippen MR) is 89.4 cm³/mol. The number of imidazole rings is 1. The van der Waals surface area contributed by atoms with E-state index in [1.807, 2.05) is 39.8 Å². The third-order valence-corrected chi connectivity index (χ3v) is 5.12. The van der Waals surface area contributed by atoms with Gasteiger partial charge in [-0.15, -0.1) is 0 Å². The van der Waals surface area contributed by atoms with Gasteiger partial charge in [0.05, 0.1) is 33.3 Å². The molecule has 2 heterocycles. The first kappa shape index (κ1) is 14.9. The number of benzene rings is 1. The number of pyridine rings is 1. The van der Waals surface area contributed by atoms with Gasteiger partial charge in [0, 0.05) is 6.20 Å². The molecule has 4 nitrogen and oxygen atoms in total. The van der Waals surface area contributed by atoms with Gasteiger partial charge in [0.25, 0.3) is 0 Å². The zero-order chi connectivity index (χ0) is 15.9. The monoisotopic (exact) mass is 313 g/mol. The fourth-order valence-corrected chi connectivity index (χ4v) is 3.68. The molecule has 22 heavy (non-hydrogen) atoms. The molecule has 5 heteroatoms. The van der Waals surface area contributed by atoms with Crippen molar-refractivity contribution < 1.29 is 4.21 Å². The first-order valence-electron chi connectivity index (χ1n) is 7.22. The number of aromatic nitrogens is 3. The van der Waals surface area contributed by atoms with Crippen molar-refractivity contribution in [2.24, 2.45) is 0 Å². The molecule has 1 atom stereocenters. The number of rotatable bonds is 3. The molecule has 1 unspecified atom stereocenters. The van der Waals surface area contributed by atoms with Crippen molar-refractivity contribution in [3.63, 3.8) is 0 Å². The van der Waals surface area contributed by atoms with Crippen LogP contribution in [0.5, 0.6) is 0 Å². The van der Waals surface area contributed by atoms with Crippen LogP contribution in [-0.2, 0) is 16.6 Å². The molecule has 0 spiro atoms. The van der Waals surface area contributed by atoms with Crippen LogP contribution < -0.4 is 0 Å². The van der Waals surface area contributed by atoms with Crippen LogP contribution in [-0.4, -0.2) is 19.2 Å². The third-order valence-electron chi connectivity index (χ3n) is 3.96. The van der Waals surface area contributed by atoms with E-state index in [1.54, 1.807) is 6.20 Å². The smallest absolute Gasteiger partial charge is 0.197 e. The first-order valence-corrected chi connectivity index (χ1v) is 8.54. The molecular formula is C17H19N3OS. The molecule has 0 amide bonds. The van der Waals surface area contributed by atoms with Crippen LogP contribution in [0.25, 0.3) is 11.0 Å². The fourth-order valence-electron chi connectivity index (χ4n) is 2.58. The maximum atomic E-state index is 12.6. The lowest BCUT2D eigenvalue weighted by Gasteiger charge is -2.05. The van der Waals surface area contributed by atoms with Gasteiger partial charge < -0.3 is 4.98 Å². The van der Waals surface area contributed by atoms with Gasteiger partial charge in [-0.05, 0) is 62.1 Å². The largest absolute Gasteiger partial charge is 0.331 e. The molecular weight excluding hydrogens is 294 g/mol. The van der Waals surface area contributed by atoms with E-state index in [9.17, 15) is 4.21 Å². The Morgan fingerprint density at radius 1 is 1.14 bits per heavy atom. The van der Waals surface area contributed by atoms with Gasteiger partial charge >= 0.3 is 0 Å². The van der Waals surface area contributed by atoms with Crippen LogP contribution >= 0.6 is 0 Å². The summed E-state index contributed by atoms with van der Waals surface area (Å²) in [5.41, 5.74) is 7.22. The van der Waals surface area contributed by atoms with E-state index < -0.39 is 10.8 Å². The van der Waals surface area contributed by atoms with Gasteiger partial charge in [0.15, 0.2) is 5.16 Å². The lowest BCUT2D eigenvalue weighted by atomic mass is 10.1. The molecule has 0 aliphatic carbocycles. The summed E-state index contributed by atoms with van der Waals surface area (Å²) >= 11 is 0. The Morgan fingerprint density at radius 2 is 1.91 bits per heavy atom. The quantitative estimate of drug-likeness (QED) is 0.805. The topological polar surface area (TPSA) is 58.6 Å². The minimum absolute atomic E-state index is 0.380. The molecule has 0 saturated carbocycles. The van der Waals surface area contributed by atoms with Crippen LogP contribution in [0.3, 0.4) is 0 Å². The van der Waals surface area contributed by atoms with E-state index in [2.05, 4.69) is 21.0 Å². The Kier molecular flexibility index (Phi) is 3.83. The van der Waals surface area contributed by atoms with E-state index >= 15 is 0 Å². The standard InChI is InChI=1S/C17H19N3OS/c1-10-7-12(3)16-14(8-10)19-17(20-16)22(21)9-15-13(4)11(2)5-6-18-15/h5-8H,9H2,1-4H3,(H,19,20). The Labute approximate surface area is 132 Å². The summed E-state index contributed by atoms with van der Waals surface area (Å²) in [5, 5.41) is 0.520. The molecule has 0 aliphatic rings. The number of hydrogen-bond donors (Lipinski definition) is 1. The molecule has 3 aromatic rings. The molecule has 2 aromatic heterocycles. The van der Waals surface area contributed by atoms with Crippen molar-refractivity contribution in [3.05, 3.63) is 52.3 Å². The Morgan fingerprint density at radius 3 is 2.68 bits per heavy atom. The highest BCUT2D eigenvalue weighted by atomic mass is 32.2. The van der Waals surface area contributed by atoms with Gasteiger partial charge in [-0.3, -0.25) is 9.19 Å². The number of hydrogen-bond acceptors (Lipinski definition) is 3. The zero-order valence-electron chi connectivity index (χ0n) is 13.2. The highest BCUT2D eigenvalue weighted by Gasteiger charge is 2.14. The number of nitrogens with one attached hydrogen (secondary N) is 1. The number of aryl methyl sites for hydroxylation is 3. The molecule has 0 bridgehead atoms. The molecule has 3 rings (SSSR count). The minimum atomic E-state index is -1.23. The zero-order valence-corrected chi connectivity index (χ0v) is 14.0.